The normalized spacial score (nSPS) is 60.3. The summed E-state index contributed by atoms with van der Waals surface area (Å²) >= 11 is 0. The van der Waals surface area contributed by atoms with Crippen LogP contribution in [-0.4, -0.2) is 24.4 Å². The van der Waals surface area contributed by atoms with Crippen LogP contribution in [0.2, 0.25) is 0 Å². The van der Waals surface area contributed by atoms with Gasteiger partial charge in [-0.2, -0.15) is 0 Å². The summed E-state index contributed by atoms with van der Waals surface area (Å²) in [7, 11) is 0. The van der Waals surface area contributed by atoms with Gasteiger partial charge in [-0.3, -0.25) is 0 Å². The van der Waals surface area contributed by atoms with Crippen LogP contribution >= 0.6 is 0 Å². The molecule has 0 radical (unpaired) electrons. The summed E-state index contributed by atoms with van der Waals surface area (Å²) < 4.78 is 12.3. The molecule has 2 nitrogen and oxygen atoms in total. The van der Waals surface area contributed by atoms with Gasteiger partial charge >= 0.3 is 0 Å². The first-order valence-corrected chi connectivity index (χ1v) is 7.89. The largest absolute Gasteiger partial charge is 0.368 e. The molecule has 4 rings (SSSR count). The first-order valence-electron chi connectivity index (χ1n) is 7.89. The first kappa shape index (κ1) is 12.6. The Kier molecular flexibility index (Phi) is 2.04. The highest BCUT2D eigenvalue weighted by Crippen LogP contribution is 2.69. The van der Waals surface area contributed by atoms with Crippen LogP contribution in [0.4, 0.5) is 0 Å². The van der Waals surface area contributed by atoms with E-state index in [9.17, 15) is 0 Å². The second-order valence-electron chi connectivity index (χ2n) is 9.77. The lowest BCUT2D eigenvalue weighted by Crippen LogP contribution is -2.34. The molecule has 0 amide bonds. The number of fused-ring (bicyclic) bond motifs is 6. The van der Waals surface area contributed by atoms with Gasteiger partial charge in [0.2, 0.25) is 0 Å². The van der Waals surface area contributed by atoms with Crippen molar-refractivity contribution < 1.29 is 9.47 Å². The Balaban J connectivity index is 1.77. The third-order valence-electron chi connectivity index (χ3n) is 6.42. The molecule has 0 aromatic heterocycles. The molecule has 0 aromatic carbocycles. The summed E-state index contributed by atoms with van der Waals surface area (Å²) in [5.74, 6) is 0. The molecule has 0 aromatic rings. The standard InChI is InChI=1S/C17H28O2/c1-14(2)7-16(5)9-17(6,13-12(16)19-13)8-15(3,4)11-10(14)18-11/h10-13H,7-9H2,1-6H3. The average molecular weight is 264 g/mol. The highest BCUT2D eigenvalue weighted by molar-refractivity contribution is 5.20. The first-order chi connectivity index (χ1) is 8.58. The van der Waals surface area contributed by atoms with E-state index in [2.05, 4.69) is 41.5 Å². The van der Waals surface area contributed by atoms with E-state index in [1.165, 1.54) is 19.3 Å². The number of ether oxygens (including phenoxy) is 2. The molecule has 6 atom stereocenters. The van der Waals surface area contributed by atoms with Gasteiger partial charge in [-0.05, 0) is 40.9 Å². The summed E-state index contributed by atoms with van der Waals surface area (Å²) in [5, 5.41) is 0. The van der Waals surface area contributed by atoms with Gasteiger partial charge in [0.1, 0.15) is 0 Å². The van der Waals surface area contributed by atoms with E-state index in [1.807, 2.05) is 0 Å². The predicted octanol–water partition coefficient (Wildman–Crippen LogP) is 3.78. The van der Waals surface area contributed by atoms with Gasteiger partial charge < -0.3 is 9.47 Å². The highest BCUT2D eigenvalue weighted by Gasteiger charge is 2.72. The zero-order chi connectivity index (χ0) is 13.8. The zero-order valence-corrected chi connectivity index (χ0v) is 13.2. The van der Waals surface area contributed by atoms with E-state index >= 15 is 0 Å². The maximum absolute atomic E-state index is 6.15. The molecule has 2 aliphatic heterocycles. The van der Waals surface area contributed by atoms with Gasteiger partial charge in [0.25, 0.3) is 0 Å². The van der Waals surface area contributed by atoms with Crippen molar-refractivity contribution in [2.45, 2.75) is 85.2 Å². The quantitative estimate of drug-likeness (QED) is 0.622. The molecule has 2 heteroatoms. The van der Waals surface area contributed by atoms with Crippen molar-refractivity contribution in [3.05, 3.63) is 0 Å². The minimum absolute atomic E-state index is 0.281. The number of hydrogen-bond donors (Lipinski definition) is 0. The second kappa shape index (κ2) is 3.06. The average Bonchev–Trinajstić information content (AvgIpc) is 3.07. The third kappa shape index (κ3) is 1.56. The lowest BCUT2D eigenvalue weighted by Gasteiger charge is -2.38. The van der Waals surface area contributed by atoms with Crippen LogP contribution in [0.1, 0.15) is 60.8 Å². The summed E-state index contributed by atoms with van der Waals surface area (Å²) in [6, 6.07) is 0. The molecule has 2 aliphatic carbocycles. The molecule has 0 spiro atoms. The smallest absolute Gasteiger partial charge is 0.0901 e. The van der Waals surface area contributed by atoms with Crippen LogP contribution in [0, 0.1) is 21.7 Å². The Morgan fingerprint density at radius 2 is 0.947 bits per heavy atom. The van der Waals surface area contributed by atoms with Crippen molar-refractivity contribution >= 4 is 0 Å². The fraction of sp³-hybridized carbons (Fsp3) is 1.00. The van der Waals surface area contributed by atoms with Gasteiger partial charge in [0.15, 0.2) is 0 Å². The topological polar surface area (TPSA) is 25.1 Å². The molecule has 2 heterocycles. The van der Waals surface area contributed by atoms with Crippen LogP contribution in [-0.2, 0) is 9.47 Å². The monoisotopic (exact) mass is 264 g/mol. The fourth-order valence-corrected chi connectivity index (χ4v) is 6.21. The van der Waals surface area contributed by atoms with Gasteiger partial charge in [-0.25, -0.2) is 0 Å². The Morgan fingerprint density at radius 3 is 1.37 bits per heavy atom. The van der Waals surface area contributed by atoms with E-state index in [0.29, 0.717) is 35.2 Å². The zero-order valence-electron chi connectivity index (χ0n) is 13.2. The van der Waals surface area contributed by atoms with Crippen molar-refractivity contribution in [3.63, 3.8) is 0 Å². The van der Waals surface area contributed by atoms with Crippen molar-refractivity contribution in [3.8, 4) is 0 Å². The molecule has 6 unspecified atom stereocenters. The Bertz CT molecular complexity index is 403. The summed E-state index contributed by atoms with van der Waals surface area (Å²) in [6.07, 6.45) is 5.77. The predicted molar refractivity (Wildman–Crippen MR) is 74.9 cm³/mol. The van der Waals surface area contributed by atoms with Gasteiger partial charge in [0.05, 0.1) is 24.4 Å². The van der Waals surface area contributed by atoms with E-state index in [0.717, 1.165) is 0 Å². The van der Waals surface area contributed by atoms with Crippen LogP contribution in [0.25, 0.3) is 0 Å². The van der Waals surface area contributed by atoms with E-state index in [1.54, 1.807) is 0 Å². The Labute approximate surface area is 117 Å². The van der Waals surface area contributed by atoms with Crippen LogP contribution in [0.3, 0.4) is 0 Å². The van der Waals surface area contributed by atoms with Crippen LogP contribution in [0.5, 0.6) is 0 Å². The molecule has 0 N–H and O–H groups in total. The molecule has 2 saturated heterocycles. The Hall–Kier alpha value is -0.0800. The molecule has 19 heavy (non-hydrogen) atoms. The molecular formula is C17H28O2. The number of rotatable bonds is 0. The van der Waals surface area contributed by atoms with Crippen LogP contribution in [0.15, 0.2) is 0 Å². The van der Waals surface area contributed by atoms with Crippen LogP contribution < -0.4 is 0 Å². The van der Waals surface area contributed by atoms with E-state index in [-0.39, 0.29) is 10.8 Å². The molecule has 4 aliphatic rings. The summed E-state index contributed by atoms with van der Waals surface area (Å²) in [6.45, 7) is 14.5. The molecular weight excluding hydrogens is 236 g/mol. The fourth-order valence-electron chi connectivity index (χ4n) is 6.21. The third-order valence-corrected chi connectivity index (χ3v) is 6.42. The molecule has 108 valence electrons. The summed E-state index contributed by atoms with van der Waals surface area (Å²) in [5.41, 5.74) is 1.28. The minimum atomic E-state index is 0.281. The maximum Gasteiger partial charge on any atom is 0.0901 e. The minimum Gasteiger partial charge on any atom is -0.368 e. The van der Waals surface area contributed by atoms with Crippen molar-refractivity contribution in [2.24, 2.45) is 21.7 Å². The SMILES string of the molecule is CC1(C)CC2(C)CC(C)(CC(C)(C)C3OC31)C1OC12. The number of hydrogen-bond acceptors (Lipinski definition) is 2. The van der Waals surface area contributed by atoms with Gasteiger partial charge in [-0.15, -0.1) is 0 Å². The second-order valence-corrected chi connectivity index (χ2v) is 9.77. The lowest BCUT2D eigenvalue weighted by molar-refractivity contribution is 0.0242. The lowest BCUT2D eigenvalue weighted by atomic mass is 9.69. The Morgan fingerprint density at radius 1 is 0.579 bits per heavy atom. The van der Waals surface area contributed by atoms with E-state index < -0.39 is 0 Å². The van der Waals surface area contributed by atoms with E-state index in [4.69, 9.17) is 9.47 Å². The van der Waals surface area contributed by atoms with Gasteiger partial charge in [-0.1, -0.05) is 41.5 Å². The van der Waals surface area contributed by atoms with Crippen molar-refractivity contribution in [2.75, 3.05) is 0 Å². The molecule has 2 bridgehead atoms. The van der Waals surface area contributed by atoms with Crippen molar-refractivity contribution in [1.29, 1.82) is 0 Å². The van der Waals surface area contributed by atoms with Crippen molar-refractivity contribution in [1.82, 2.24) is 0 Å². The molecule has 2 saturated carbocycles. The maximum atomic E-state index is 6.15. The summed E-state index contributed by atoms with van der Waals surface area (Å²) in [4.78, 5) is 0. The number of epoxide rings is 2. The molecule has 4 fully saturated rings. The highest BCUT2D eigenvalue weighted by atomic mass is 16.6. The van der Waals surface area contributed by atoms with Gasteiger partial charge in [0, 0.05) is 0 Å².